The third kappa shape index (κ3) is 3.79. The number of benzene rings is 1. The maximum absolute atomic E-state index is 12.8. The van der Waals surface area contributed by atoms with Gasteiger partial charge in [0, 0.05) is 56.8 Å². The van der Waals surface area contributed by atoms with Crippen molar-refractivity contribution in [3.8, 4) is 5.82 Å². The van der Waals surface area contributed by atoms with Crippen LogP contribution in [-0.4, -0.2) is 63.6 Å². The number of anilines is 1. The van der Waals surface area contributed by atoms with Crippen molar-refractivity contribution < 1.29 is 13.3 Å². The average molecular weight is 415 g/mol. The molecule has 0 atom stereocenters. The van der Waals surface area contributed by atoms with Crippen LogP contribution in [0.3, 0.4) is 0 Å². The first-order chi connectivity index (χ1) is 13.9. The van der Waals surface area contributed by atoms with Gasteiger partial charge in [-0.2, -0.15) is 9.40 Å². The van der Waals surface area contributed by atoms with Gasteiger partial charge < -0.3 is 4.90 Å². The Morgan fingerprint density at radius 3 is 2.31 bits per heavy atom. The normalized spacial score (nSPS) is 15.4. The van der Waals surface area contributed by atoms with Gasteiger partial charge in [-0.15, -0.1) is 0 Å². The molecular formula is C17H17N7O4S. The quantitative estimate of drug-likeness (QED) is 0.447. The van der Waals surface area contributed by atoms with Crippen molar-refractivity contribution in [2.24, 2.45) is 0 Å². The first-order valence-electron chi connectivity index (χ1n) is 8.77. The number of nitro benzene ring substituents is 1. The van der Waals surface area contributed by atoms with E-state index in [9.17, 15) is 18.5 Å². The molecule has 12 heteroatoms. The van der Waals surface area contributed by atoms with Crippen molar-refractivity contribution in [3.05, 3.63) is 65.2 Å². The molecule has 2 aromatic heterocycles. The molecule has 0 radical (unpaired) electrons. The minimum Gasteiger partial charge on any atom is -0.354 e. The largest absolute Gasteiger partial charge is 0.354 e. The molecule has 4 rings (SSSR count). The summed E-state index contributed by atoms with van der Waals surface area (Å²) in [6.07, 6.45) is 4.89. The van der Waals surface area contributed by atoms with Crippen LogP contribution >= 0.6 is 0 Å². The molecule has 1 saturated heterocycles. The minimum absolute atomic E-state index is 0.0413. The molecule has 0 saturated carbocycles. The van der Waals surface area contributed by atoms with Crippen LogP contribution in [0.2, 0.25) is 0 Å². The van der Waals surface area contributed by atoms with Crippen LogP contribution in [0.4, 0.5) is 11.5 Å². The van der Waals surface area contributed by atoms with Crippen molar-refractivity contribution in [3.63, 3.8) is 0 Å². The second-order valence-corrected chi connectivity index (χ2v) is 8.27. The van der Waals surface area contributed by atoms with Gasteiger partial charge in [0.25, 0.3) is 5.69 Å². The Balaban J connectivity index is 1.46. The lowest BCUT2D eigenvalue weighted by molar-refractivity contribution is -0.384. The summed E-state index contributed by atoms with van der Waals surface area (Å²) in [7, 11) is -3.72. The monoisotopic (exact) mass is 415 g/mol. The molecule has 29 heavy (non-hydrogen) atoms. The summed E-state index contributed by atoms with van der Waals surface area (Å²) in [6.45, 7) is 1.48. The first kappa shape index (κ1) is 19.0. The SMILES string of the molecule is O=[N+]([O-])c1ccc(S(=O)(=O)N2CCN(c3cc(-n4cccn4)ncn3)CC2)cc1. The van der Waals surface area contributed by atoms with Gasteiger partial charge in [-0.3, -0.25) is 10.1 Å². The molecule has 1 aliphatic heterocycles. The minimum atomic E-state index is -3.72. The fourth-order valence-corrected chi connectivity index (χ4v) is 4.51. The Kier molecular flexibility index (Phi) is 4.94. The average Bonchev–Trinajstić information content (AvgIpc) is 3.29. The predicted octanol–water partition coefficient (Wildman–Crippen LogP) is 1.08. The number of hydrogen-bond acceptors (Lipinski definition) is 8. The van der Waals surface area contributed by atoms with Gasteiger partial charge in [-0.25, -0.2) is 23.1 Å². The Hall–Kier alpha value is -3.38. The van der Waals surface area contributed by atoms with Crippen molar-refractivity contribution in [1.29, 1.82) is 0 Å². The van der Waals surface area contributed by atoms with Gasteiger partial charge in [-0.05, 0) is 18.2 Å². The molecule has 0 spiro atoms. The van der Waals surface area contributed by atoms with Crippen molar-refractivity contribution in [2.75, 3.05) is 31.1 Å². The zero-order valence-electron chi connectivity index (χ0n) is 15.2. The van der Waals surface area contributed by atoms with Gasteiger partial charge in [0.05, 0.1) is 9.82 Å². The fourth-order valence-electron chi connectivity index (χ4n) is 3.09. The molecule has 0 aliphatic carbocycles. The van der Waals surface area contributed by atoms with Crippen LogP contribution in [0.1, 0.15) is 0 Å². The second-order valence-electron chi connectivity index (χ2n) is 6.33. The Bertz CT molecular complexity index is 1110. The smallest absolute Gasteiger partial charge is 0.269 e. The summed E-state index contributed by atoms with van der Waals surface area (Å²) in [5.74, 6) is 1.32. The van der Waals surface area contributed by atoms with Crippen LogP contribution in [0.15, 0.2) is 60.0 Å². The number of hydrogen-bond donors (Lipinski definition) is 0. The van der Waals surface area contributed by atoms with E-state index < -0.39 is 14.9 Å². The highest BCUT2D eigenvalue weighted by Crippen LogP contribution is 2.22. The number of nitro groups is 1. The van der Waals surface area contributed by atoms with E-state index in [0.29, 0.717) is 24.7 Å². The standard InChI is InChI=1S/C17H17N7O4S/c25-24(26)14-2-4-15(5-3-14)29(27,28)22-10-8-21(9-11-22)16-12-17(19-13-18-16)23-7-1-6-20-23/h1-7,12-13H,8-11H2. The fraction of sp³-hybridized carbons (Fsp3) is 0.235. The van der Waals surface area contributed by atoms with E-state index in [1.807, 2.05) is 4.90 Å². The highest BCUT2D eigenvalue weighted by atomic mass is 32.2. The van der Waals surface area contributed by atoms with Crippen molar-refractivity contribution >= 4 is 21.5 Å². The summed E-state index contributed by atoms with van der Waals surface area (Å²) in [5.41, 5.74) is -0.148. The lowest BCUT2D eigenvalue weighted by atomic mass is 10.3. The Morgan fingerprint density at radius 1 is 1.00 bits per heavy atom. The van der Waals surface area contributed by atoms with Gasteiger partial charge >= 0.3 is 0 Å². The molecule has 1 aromatic carbocycles. The van der Waals surface area contributed by atoms with Gasteiger partial charge in [-0.1, -0.05) is 0 Å². The molecule has 0 N–H and O–H groups in total. The number of nitrogens with zero attached hydrogens (tertiary/aromatic N) is 7. The van der Waals surface area contributed by atoms with Crippen LogP contribution < -0.4 is 4.90 Å². The van der Waals surface area contributed by atoms with Gasteiger partial charge in [0.1, 0.15) is 12.1 Å². The number of non-ortho nitro benzene ring substituents is 1. The van der Waals surface area contributed by atoms with Gasteiger partial charge in [0.15, 0.2) is 5.82 Å². The molecule has 0 bridgehead atoms. The summed E-state index contributed by atoms with van der Waals surface area (Å²) < 4.78 is 28.6. The second kappa shape index (κ2) is 7.56. The molecule has 0 unspecified atom stereocenters. The summed E-state index contributed by atoms with van der Waals surface area (Å²) in [4.78, 5) is 20.7. The van der Waals surface area contributed by atoms with Crippen LogP contribution in [0.5, 0.6) is 0 Å². The van der Waals surface area contributed by atoms with Crippen LogP contribution in [0, 0.1) is 10.1 Å². The summed E-state index contributed by atoms with van der Waals surface area (Å²) >= 11 is 0. The zero-order valence-corrected chi connectivity index (χ0v) is 16.0. The van der Waals surface area contributed by atoms with E-state index in [1.165, 1.54) is 34.9 Å². The first-order valence-corrected chi connectivity index (χ1v) is 10.2. The van der Waals surface area contributed by atoms with E-state index in [0.717, 1.165) is 0 Å². The van der Waals surface area contributed by atoms with Crippen LogP contribution in [-0.2, 0) is 10.0 Å². The predicted molar refractivity (Wildman–Crippen MR) is 103 cm³/mol. The van der Waals surface area contributed by atoms with E-state index >= 15 is 0 Å². The number of rotatable bonds is 5. The zero-order chi connectivity index (χ0) is 20.4. The Morgan fingerprint density at radius 2 is 1.69 bits per heavy atom. The molecule has 150 valence electrons. The molecular weight excluding hydrogens is 398 g/mol. The highest BCUT2D eigenvalue weighted by molar-refractivity contribution is 7.89. The highest BCUT2D eigenvalue weighted by Gasteiger charge is 2.29. The molecule has 0 amide bonds. The number of piperazine rings is 1. The third-order valence-electron chi connectivity index (χ3n) is 4.63. The maximum Gasteiger partial charge on any atom is 0.269 e. The maximum atomic E-state index is 12.8. The molecule has 1 fully saturated rings. The van der Waals surface area contributed by atoms with E-state index in [2.05, 4.69) is 15.1 Å². The van der Waals surface area contributed by atoms with E-state index in [1.54, 1.807) is 29.2 Å². The molecule has 3 heterocycles. The summed E-state index contributed by atoms with van der Waals surface area (Å²) in [5, 5.41) is 14.9. The van der Waals surface area contributed by atoms with E-state index in [4.69, 9.17) is 0 Å². The molecule has 11 nitrogen and oxygen atoms in total. The topological polar surface area (TPSA) is 127 Å². The van der Waals surface area contributed by atoms with E-state index in [-0.39, 0.29) is 23.7 Å². The lowest BCUT2D eigenvalue weighted by Gasteiger charge is -2.34. The number of aromatic nitrogens is 4. The Labute approximate surface area is 166 Å². The lowest BCUT2D eigenvalue weighted by Crippen LogP contribution is -2.48. The number of sulfonamides is 1. The molecule has 3 aromatic rings. The van der Waals surface area contributed by atoms with Crippen molar-refractivity contribution in [1.82, 2.24) is 24.1 Å². The third-order valence-corrected chi connectivity index (χ3v) is 6.54. The van der Waals surface area contributed by atoms with Crippen LogP contribution in [0.25, 0.3) is 5.82 Å². The molecule has 1 aliphatic rings. The summed E-state index contributed by atoms with van der Waals surface area (Å²) in [6, 6.07) is 8.51. The van der Waals surface area contributed by atoms with Gasteiger partial charge in [0.2, 0.25) is 10.0 Å². The van der Waals surface area contributed by atoms with Crippen molar-refractivity contribution in [2.45, 2.75) is 4.90 Å².